The molecule has 0 spiro atoms. The molecule has 1 N–H and O–H groups in total. The Kier molecular flexibility index (Phi) is 3.94. The Labute approximate surface area is 89.8 Å². The third-order valence-corrected chi connectivity index (χ3v) is 2.25. The first-order chi connectivity index (χ1) is 6.20. The number of pyridine rings is 1. The molecule has 0 saturated heterocycles. The van der Waals surface area contributed by atoms with Gasteiger partial charge < -0.3 is 10.1 Å². The number of esters is 1. The van der Waals surface area contributed by atoms with Gasteiger partial charge in [-0.2, -0.15) is 0 Å². The third-order valence-electron chi connectivity index (χ3n) is 1.31. The SMILES string of the molecule is CC(=O)OCNc1cnccc1I. The molecule has 70 valence electrons. The summed E-state index contributed by atoms with van der Waals surface area (Å²) in [4.78, 5) is 14.4. The molecule has 0 aliphatic heterocycles. The van der Waals surface area contributed by atoms with E-state index in [1.807, 2.05) is 6.07 Å². The van der Waals surface area contributed by atoms with E-state index in [-0.39, 0.29) is 12.7 Å². The maximum absolute atomic E-state index is 10.4. The van der Waals surface area contributed by atoms with Crippen LogP contribution in [0.15, 0.2) is 18.5 Å². The Hall–Kier alpha value is -0.850. The van der Waals surface area contributed by atoms with Crippen molar-refractivity contribution in [1.82, 2.24) is 4.98 Å². The summed E-state index contributed by atoms with van der Waals surface area (Å²) in [5, 5.41) is 2.93. The van der Waals surface area contributed by atoms with Gasteiger partial charge in [0.25, 0.3) is 0 Å². The van der Waals surface area contributed by atoms with Gasteiger partial charge in [-0.05, 0) is 28.7 Å². The van der Waals surface area contributed by atoms with Crippen molar-refractivity contribution in [2.45, 2.75) is 6.92 Å². The van der Waals surface area contributed by atoms with Crippen LogP contribution >= 0.6 is 22.6 Å². The molecule has 0 radical (unpaired) electrons. The van der Waals surface area contributed by atoms with E-state index in [2.05, 4.69) is 32.9 Å². The van der Waals surface area contributed by atoms with E-state index in [0.717, 1.165) is 9.26 Å². The smallest absolute Gasteiger partial charge is 0.304 e. The Morgan fingerprint density at radius 3 is 3.15 bits per heavy atom. The lowest BCUT2D eigenvalue weighted by atomic mass is 10.4. The number of hydrogen-bond acceptors (Lipinski definition) is 4. The topological polar surface area (TPSA) is 51.2 Å². The fourth-order valence-corrected chi connectivity index (χ4v) is 1.21. The van der Waals surface area contributed by atoms with Gasteiger partial charge >= 0.3 is 5.97 Å². The molecule has 0 aromatic carbocycles. The highest BCUT2D eigenvalue weighted by Crippen LogP contribution is 2.14. The minimum atomic E-state index is -0.300. The van der Waals surface area contributed by atoms with Gasteiger partial charge in [-0.1, -0.05) is 0 Å². The van der Waals surface area contributed by atoms with Crippen molar-refractivity contribution in [2.75, 3.05) is 12.0 Å². The highest BCUT2D eigenvalue weighted by Gasteiger charge is 1.97. The monoisotopic (exact) mass is 292 g/mol. The standard InChI is InChI=1S/C8H9IN2O2/c1-6(12)13-5-11-8-4-10-3-2-7(8)9/h2-4,11H,5H2,1H3. The minimum Gasteiger partial charge on any atom is -0.445 e. The highest BCUT2D eigenvalue weighted by atomic mass is 127. The van der Waals surface area contributed by atoms with Gasteiger partial charge in [0, 0.05) is 16.7 Å². The molecule has 0 fully saturated rings. The predicted octanol–water partition coefficient (Wildman–Crippen LogP) is 1.62. The molecule has 0 unspecified atom stereocenters. The summed E-state index contributed by atoms with van der Waals surface area (Å²) in [6.45, 7) is 1.55. The number of hydrogen-bond donors (Lipinski definition) is 1. The van der Waals surface area contributed by atoms with Gasteiger partial charge in [-0.15, -0.1) is 0 Å². The largest absolute Gasteiger partial charge is 0.445 e. The Balaban J connectivity index is 2.45. The van der Waals surface area contributed by atoms with Crippen LogP contribution in [0.1, 0.15) is 6.92 Å². The number of aromatic nitrogens is 1. The van der Waals surface area contributed by atoms with Gasteiger partial charge in [-0.25, -0.2) is 0 Å². The van der Waals surface area contributed by atoms with Crippen LogP contribution in [0.5, 0.6) is 0 Å². The average molecular weight is 292 g/mol. The molecular formula is C8H9IN2O2. The van der Waals surface area contributed by atoms with Crippen LogP contribution in [0.25, 0.3) is 0 Å². The first-order valence-electron chi connectivity index (χ1n) is 3.67. The molecule has 1 heterocycles. The van der Waals surface area contributed by atoms with Crippen molar-refractivity contribution < 1.29 is 9.53 Å². The van der Waals surface area contributed by atoms with Crippen molar-refractivity contribution in [3.63, 3.8) is 0 Å². The van der Waals surface area contributed by atoms with Crippen LogP contribution in [0, 0.1) is 3.57 Å². The van der Waals surface area contributed by atoms with Crippen LogP contribution in [-0.2, 0) is 9.53 Å². The van der Waals surface area contributed by atoms with Crippen molar-refractivity contribution in [3.05, 3.63) is 22.0 Å². The van der Waals surface area contributed by atoms with Crippen LogP contribution in [0.3, 0.4) is 0 Å². The second kappa shape index (κ2) is 5.00. The van der Waals surface area contributed by atoms with Gasteiger partial charge in [0.1, 0.15) is 0 Å². The zero-order valence-electron chi connectivity index (χ0n) is 7.08. The maximum atomic E-state index is 10.4. The fourth-order valence-electron chi connectivity index (χ4n) is 0.723. The summed E-state index contributed by atoms with van der Waals surface area (Å²) in [5.74, 6) is -0.300. The molecule has 0 aliphatic carbocycles. The van der Waals surface area contributed by atoms with Crippen LogP contribution < -0.4 is 5.32 Å². The summed E-state index contributed by atoms with van der Waals surface area (Å²) < 4.78 is 5.76. The fraction of sp³-hybridized carbons (Fsp3) is 0.250. The lowest BCUT2D eigenvalue weighted by molar-refractivity contribution is -0.140. The van der Waals surface area contributed by atoms with E-state index in [1.165, 1.54) is 6.92 Å². The lowest BCUT2D eigenvalue weighted by Crippen LogP contribution is -2.10. The number of anilines is 1. The van der Waals surface area contributed by atoms with Crippen molar-refractivity contribution in [2.24, 2.45) is 0 Å². The molecule has 0 bridgehead atoms. The summed E-state index contributed by atoms with van der Waals surface area (Å²) >= 11 is 2.17. The van der Waals surface area contributed by atoms with E-state index in [1.54, 1.807) is 12.4 Å². The number of rotatable bonds is 3. The molecule has 0 atom stereocenters. The molecule has 1 aromatic rings. The van der Waals surface area contributed by atoms with Gasteiger partial charge in [0.05, 0.1) is 11.9 Å². The number of carbonyl (C=O) groups is 1. The van der Waals surface area contributed by atoms with Crippen molar-refractivity contribution >= 4 is 34.2 Å². The average Bonchev–Trinajstić information content (AvgIpc) is 2.08. The van der Waals surface area contributed by atoms with Crippen molar-refractivity contribution in [1.29, 1.82) is 0 Å². The summed E-state index contributed by atoms with van der Waals surface area (Å²) in [7, 11) is 0. The molecule has 13 heavy (non-hydrogen) atoms. The van der Waals surface area contributed by atoms with E-state index in [0.29, 0.717) is 0 Å². The molecule has 1 aromatic heterocycles. The molecule has 0 aliphatic rings. The van der Waals surface area contributed by atoms with E-state index in [9.17, 15) is 4.79 Å². The Morgan fingerprint density at radius 2 is 2.54 bits per heavy atom. The number of carbonyl (C=O) groups excluding carboxylic acids is 1. The van der Waals surface area contributed by atoms with Gasteiger partial charge in [0.15, 0.2) is 6.73 Å². The Morgan fingerprint density at radius 1 is 1.77 bits per heavy atom. The summed E-state index contributed by atoms with van der Waals surface area (Å²) in [6, 6.07) is 1.87. The second-order valence-electron chi connectivity index (χ2n) is 2.31. The van der Waals surface area contributed by atoms with Crippen molar-refractivity contribution in [3.8, 4) is 0 Å². The van der Waals surface area contributed by atoms with Crippen LogP contribution in [0.2, 0.25) is 0 Å². The van der Waals surface area contributed by atoms with Crippen LogP contribution in [-0.4, -0.2) is 17.7 Å². The predicted molar refractivity (Wildman–Crippen MR) is 57.2 cm³/mol. The molecular weight excluding hydrogens is 283 g/mol. The lowest BCUT2D eigenvalue weighted by Gasteiger charge is -2.06. The first kappa shape index (κ1) is 10.2. The Bertz CT molecular complexity index is 304. The van der Waals surface area contributed by atoms with E-state index < -0.39 is 0 Å². The molecule has 0 saturated carbocycles. The third kappa shape index (κ3) is 3.58. The second-order valence-corrected chi connectivity index (χ2v) is 3.47. The highest BCUT2D eigenvalue weighted by molar-refractivity contribution is 14.1. The van der Waals surface area contributed by atoms with Gasteiger partial charge in [-0.3, -0.25) is 9.78 Å². The van der Waals surface area contributed by atoms with Crippen LogP contribution in [0.4, 0.5) is 5.69 Å². The van der Waals surface area contributed by atoms with Gasteiger partial charge in [0.2, 0.25) is 0 Å². The van der Waals surface area contributed by atoms with E-state index in [4.69, 9.17) is 4.74 Å². The summed E-state index contributed by atoms with van der Waals surface area (Å²) in [6.07, 6.45) is 3.39. The molecule has 1 rings (SSSR count). The number of nitrogens with zero attached hydrogens (tertiary/aromatic N) is 1. The maximum Gasteiger partial charge on any atom is 0.304 e. The summed E-state index contributed by atoms with van der Waals surface area (Å²) in [5.41, 5.74) is 0.865. The molecule has 5 heteroatoms. The zero-order valence-corrected chi connectivity index (χ0v) is 9.24. The van der Waals surface area contributed by atoms with E-state index >= 15 is 0 Å². The quantitative estimate of drug-likeness (QED) is 0.522. The number of nitrogens with one attached hydrogen (secondary N) is 1. The first-order valence-corrected chi connectivity index (χ1v) is 4.75. The molecule has 0 amide bonds. The normalized spacial score (nSPS) is 9.38. The number of halogens is 1. The minimum absolute atomic E-state index is 0.178. The number of ether oxygens (including phenoxy) is 1. The zero-order chi connectivity index (χ0) is 9.68. The molecule has 4 nitrogen and oxygen atoms in total.